The molecule has 2 N–H and O–H groups in total. The fourth-order valence-electron chi connectivity index (χ4n) is 3.93. The Hall–Kier alpha value is -3.26. The van der Waals surface area contributed by atoms with E-state index in [1.807, 2.05) is 42.5 Å². The van der Waals surface area contributed by atoms with Gasteiger partial charge in [-0.3, -0.25) is 10.2 Å². The molecule has 1 saturated heterocycles. The van der Waals surface area contributed by atoms with Crippen molar-refractivity contribution in [1.82, 2.24) is 10.2 Å². The van der Waals surface area contributed by atoms with Gasteiger partial charge in [-0.15, -0.1) is 0 Å². The van der Waals surface area contributed by atoms with Gasteiger partial charge in [-0.25, -0.2) is 4.79 Å². The number of nitrogens with one attached hydrogen (secondary N) is 1. The maximum Gasteiger partial charge on any atom is 0.408 e. The van der Waals surface area contributed by atoms with E-state index in [0.29, 0.717) is 19.6 Å². The number of hydrogen-bond acceptors (Lipinski definition) is 6. The third-order valence-electron chi connectivity index (χ3n) is 5.63. The number of carbonyl (C=O) groups is 2. The topological polar surface area (TPSA) is 91.3 Å². The van der Waals surface area contributed by atoms with Gasteiger partial charge in [-0.2, -0.15) is 0 Å². The van der Waals surface area contributed by atoms with E-state index in [-0.39, 0.29) is 6.42 Å². The predicted octanol–water partition coefficient (Wildman–Crippen LogP) is 2.68. The Balaban J connectivity index is 1.88. The van der Waals surface area contributed by atoms with Gasteiger partial charge in [0.1, 0.15) is 23.4 Å². The fraction of sp³-hybridized carbons (Fsp3) is 0.364. The van der Waals surface area contributed by atoms with E-state index in [1.165, 1.54) is 4.90 Å². The summed E-state index contributed by atoms with van der Waals surface area (Å²) in [5, 5.41) is 12.6. The van der Waals surface area contributed by atoms with Gasteiger partial charge < -0.3 is 24.3 Å². The lowest BCUT2D eigenvalue weighted by Gasteiger charge is -2.49. The highest BCUT2D eigenvalue weighted by atomic mass is 16.5. The number of anilines is 1. The maximum absolute atomic E-state index is 11.7. The molecular weight excluding hydrogens is 386 g/mol. The van der Waals surface area contributed by atoms with Gasteiger partial charge in [0.15, 0.2) is 0 Å². The molecule has 160 valence electrons. The molecule has 1 fully saturated rings. The van der Waals surface area contributed by atoms with E-state index in [1.54, 1.807) is 21.3 Å². The molecule has 2 aromatic rings. The molecule has 0 aliphatic carbocycles. The van der Waals surface area contributed by atoms with Gasteiger partial charge in [0.2, 0.25) is 0 Å². The first kappa shape index (κ1) is 21.4. The van der Waals surface area contributed by atoms with Crippen molar-refractivity contribution in [1.29, 1.82) is 0 Å². The molecule has 0 radical (unpaired) electrons. The first-order chi connectivity index (χ1) is 14.5. The molecule has 1 heterocycles. The zero-order chi connectivity index (χ0) is 21.7. The second kappa shape index (κ2) is 9.04. The first-order valence-electron chi connectivity index (χ1n) is 9.68. The van der Waals surface area contributed by atoms with Crippen LogP contribution in [0, 0.1) is 0 Å². The Kier molecular flexibility index (Phi) is 6.47. The lowest BCUT2D eigenvalue weighted by molar-refractivity contribution is -0.110. The van der Waals surface area contributed by atoms with Crippen LogP contribution in [0.5, 0.6) is 11.5 Å². The Morgan fingerprint density at radius 2 is 1.90 bits per heavy atom. The molecule has 1 unspecified atom stereocenters. The molecule has 0 bridgehead atoms. The number of likely N-dealkylation sites (N-methyl/N-ethyl adjacent to an activating group) is 1. The van der Waals surface area contributed by atoms with Crippen molar-refractivity contribution in [2.45, 2.75) is 12.1 Å². The molecule has 0 saturated carbocycles. The summed E-state index contributed by atoms with van der Waals surface area (Å²) in [4.78, 5) is 26.4. The normalized spacial score (nSPS) is 18.8. The number of nitrogens with zero attached hydrogens (tertiary/aromatic N) is 2. The van der Waals surface area contributed by atoms with Crippen LogP contribution in [0.15, 0.2) is 42.5 Å². The number of piperazine rings is 1. The van der Waals surface area contributed by atoms with Crippen molar-refractivity contribution in [2.75, 3.05) is 45.8 Å². The summed E-state index contributed by atoms with van der Waals surface area (Å²) in [6, 6.07) is 13.6. The molecule has 8 heteroatoms. The summed E-state index contributed by atoms with van der Waals surface area (Å²) in [5.74, 6) is 1.49. The number of aldehydes is 1. The molecular formula is C22H27N3O5. The van der Waals surface area contributed by atoms with Crippen LogP contribution >= 0.6 is 0 Å². The maximum atomic E-state index is 11.7. The van der Waals surface area contributed by atoms with Crippen molar-refractivity contribution >= 4 is 18.1 Å². The summed E-state index contributed by atoms with van der Waals surface area (Å²) in [6.45, 7) is 1.21. The largest absolute Gasteiger partial charge is 0.497 e. The van der Waals surface area contributed by atoms with Gasteiger partial charge in [-0.05, 0) is 42.9 Å². The summed E-state index contributed by atoms with van der Waals surface area (Å²) in [5.41, 5.74) is 1.90. The standard InChI is InChI=1S/C22H27N3O5/c1-23-22(10-13-26)15-24(11-12-25(22)21(27)28)17-6-4-16(5-7-17)19-14-18(29-2)8-9-20(19)30-3/h4-9,13-14,23H,10-12,15H2,1-3H3,(H,27,28). The number of carboxylic acid groups (broad SMARTS) is 1. The van der Waals surface area contributed by atoms with Crippen molar-refractivity contribution in [2.24, 2.45) is 0 Å². The van der Waals surface area contributed by atoms with E-state index in [4.69, 9.17) is 9.47 Å². The molecule has 0 aromatic heterocycles. The number of amides is 1. The number of hydrogen-bond donors (Lipinski definition) is 2. The third kappa shape index (κ3) is 4.04. The summed E-state index contributed by atoms with van der Waals surface area (Å²) in [7, 11) is 4.94. The number of methoxy groups -OCH3 is 2. The van der Waals surface area contributed by atoms with E-state index in [2.05, 4.69) is 10.2 Å². The summed E-state index contributed by atoms with van der Waals surface area (Å²) >= 11 is 0. The molecule has 0 spiro atoms. The molecule has 1 atom stereocenters. The zero-order valence-corrected chi connectivity index (χ0v) is 17.4. The second-order valence-corrected chi connectivity index (χ2v) is 7.12. The fourth-order valence-corrected chi connectivity index (χ4v) is 3.93. The van der Waals surface area contributed by atoms with Gasteiger partial charge in [0.25, 0.3) is 0 Å². The number of benzene rings is 2. The smallest absolute Gasteiger partial charge is 0.408 e. The number of rotatable bonds is 7. The molecule has 8 nitrogen and oxygen atoms in total. The summed E-state index contributed by atoms with van der Waals surface area (Å²) < 4.78 is 10.8. The van der Waals surface area contributed by atoms with Gasteiger partial charge >= 0.3 is 6.09 Å². The molecule has 1 amide bonds. The third-order valence-corrected chi connectivity index (χ3v) is 5.63. The minimum absolute atomic E-state index is 0.0748. The van der Waals surface area contributed by atoms with Gasteiger partial charge in [-0.1, -0.05) is 12.1 Å². The molecule has 3 rings (SSSR count). The van der Waals surface area contributed by atoms with Crippen LogP contribution in [0.2, 0.25) is 0 Å². The first-order valence-corrected chi connectivity index (χ1v) is 9.68. The Bertz CT molecular complexity index is 902. The highest BCUT2D eigenvalue weighted by Gasteiger charge is 2.43. The van der Waals surface area contributed by atoms with E-state index in [9.17, 15) is 14.7 Å². The van der Waals surface area contributed by atoms with Crippen LogP contribution < -0.4 is 19.7 Å². The SMILES string of the molecule is CNC1(CC=O)CN(c2ccc(-c3cc(OC)ccc3OC)cc2)CCN1C(=O)O. The van der Waals surface area contributed by atoms with Crippen LogP contribution in [0.1, 0.15) is 6.42 Å². The average Bonchev–Trinajstić information content (AvgIpc) is 2.78. The van der Waals surface area contributed by atoms with Crippen molar-refractivity contribution in [3.8, 4) is 22.6 Å². The minimum atomic E-state index is -1.04. The Morgan fingerprint density at radius 3 is 2.47 bits per heavy atom. The van der Waals surface area contributed by atoms with Gasteiger partial charge in [0.05, 0.1) is 20.8 Å². The monoisotopic (exact) mass is 413 g/mol. The lowest BCUT2D eigenvalue weighted by atomic mass is 9.99. The highest BCUT2D eigenvalue weighted by Crippen LogP contribution is 2.35. The molecule has 2 aromatic carbocycles. The zero-order valence-electron chi connectivity index (χ0n) is 17.4. The van der Waals surface area contributed by atoms with Crippen molar-refractivity contribution in [3.05, 3.63) is 42.5 Å². The average molecular weight is 413 g/mol. The summed E-state index contributed by atoms with van der Waals surface area (Å²) in [6.07, 6.45) is -0.203. The Labute approximate surface area is 176 Å². The quantitative estimate of drug-likeness (QED) is 0.675. The van der Waals surface area contributed by atoms with Crippen LogP contribution in [0.25, 0.3) is 11.1 Å². The van der Waals surface area contributed by atoms with Crippen LogP contribution in [0.4, 0.5) is 10.5 Å². The lowest BCUT2D eigenvalue weighted by Crippen LogP contribution is -2.69. The highest BCUT2D eigenvalue weighted by molar-refractivity contribution is 5.74. The molecule has 1 aliphatic heterocycles. The van der Waals surface area contributed by atoms with Crippen LogP contribution in [0.3, 0.4) is 0 Å². The van der Waals surface area contributed by atoms with Crippen molar-refractivity contribution in [3.63, 3.8) is 0 Å². The Morgan fingerprint density at radius 1 is 1.17 bits per heavy atom. The van der Waals surface area contributed by atoms with E-state index >= 15 is 0 Å². The number of carbonyl (C=O) groups excluding carboxylic acids is 1. The van der Waals surface area contributed by atoms with Crippen molar-refractivity contribution < 1.29 is 24.2 Å². The van der Waals surface area contributed by atoms with Gasteiger partial charge in [0, 0.05) is 30.8 Å². The van der Waals surface area contributed by atoms with Crippen LogP contribution in [-0.4, -0.2) is 69.0 Å². The van der Waals surface area contributed by atoms with E-state index in [0.717, 1.165) is 34.6 Å². The second-order valence-electron chi connectivity index (χ2n) is 7.12. The predicted molar refractivity (Wildman–Crippen MR) is 114 cm³/mol. The van der Waals surface area contributed by atoms with E-state index < -0.39 is 11.8 Å². The minimum Gasteiger partial charge on any atom is -0.497 e. The molecule has 1 aliphatic rings. The van der Waals surface area contributed by atoms with Crippen LogP contribution in [-0.2, 0) is 4.79 Å². The molecule has 30 heavy (non-hydrogen) atoms. The number of ether oxygens (including phenoxy) is 2.